The van der Waals surface area contributed by atoms with Gasteiger partial charge in [-0.05, 0) is 31.4 Å². The quantitative estimate of drug-likeness (QED) is 0.792. The van der Waals surface area contributed by atoms with Crippen LogP contribution in [0.1, 0.15) is 25.0 Å². The number of piperidine rings is 1. The van der Waals surface area contributed by atoms with Gasteiger partial charge in [0.1, 0.15) is 11.9 Å². The van der Waals surface area contributed by atoms with Crippen LogP contribution >= 0.6 is 0 Å². The maximum absolute atomic E-state index is 11.4. The Bertz CT molecular complexity index is 407. The van der Waals surface area contributed by atoms with E-state index >= 15 is 0 Å². The molecule has 1 unspecified atom stereocenters. The van der Waals surface area contributed by atoms with E-state index in [1.807, 2.05) is 23.1 Å². The summed E-state index contributed by atoms with van der Waals surface area (Å²) in [6.45, 7) is 1.23. The minimum Gasteiger partial charge on any atom is -0.368 e. The van der Waals surface area contributed by atoms with Crippen molar-refractivity contribution in [2.75, 3.05) is 11.4 Å². The molecule has 5 nitrogen and oxygen atoms in total. The summed E-state index contributed by atoms with van der Waals surface area (Å²) in [5.41, 5.74) is 11.8. The van der Waals surface area contributed by atoms with Crippen molar-refractivity contribution in [1.82, 2.24) is 4.98 Å². The molecule has 4 N–H and O–H groups in total. The number of carbonyl (C=O) groups is 1. The summed E-state index contributed by atoms with van der Waals surface area (Å²) >= 11 is 0. The molecule has 0 spiro atoms. The Morgan fingerprint density at radius 1 is 1.47 bits per heavy atom. The SMILES string of the molecule is NCc1cccc(N2CCCCC2C(N)=O)n1. The molecule has 0 aliphatic carbocycles. The van der Waals surface area contributed by atoms with Gasteiger partial charge in [-0.2, -0.15) is 0 Å². The highest BCUT2D eigenvalue weighted by molar-refractivity contribution is 5.83. The van der Waals surface area contributed by atoms with E-state index < -0.39 is 0 Å². The van der Waals surface area contributed by atoms with Crippen LogP contribution in [0.5, 0.6) is 0 Å². The molecular formula is C12H18N4O. The number of nitrogens with zero attached hydrogens (tertiary/aromatic N) is 2. The van der Waals surface area contributed by atoms with E-state index in [1.165, 1.54) is 0 Å². The minimum atomic E-state index is -0.273. The summed E-state index contributed by atoms with van der Waals surface area (Å²) in [5.74, 6) is 0.529. The summed E-state index contributed by atoms with van der Waals surface area (Å²) in [6.07, 6.45) is 2.92. The Morgan fingerprint density at radius 3 is 3.00 bits per heavy atom. The molecule has 1 amide bonds. The first kappa shape index (κ1) is 11.9. The molecule has 1 aromatic rings. The molecule has 2 heterocycles. The predicted octanol–water partition coefficient (Wildman–Crippen LogP) is 0.385. The van der Waals surface area contributed by atoms with Crippen LogP contribution in [-0.2, 0) is 11.3 Å². The molecule has 17 heavy (non-hydrogen) atoms. The Kier molecular flexibility index (Phi) is 3.58. The van der Waals surface area contributed by atoms with Crippen LogP contribution in [0.3, 0.4) is 0 Å². The molecule has 1 aromatic heterocycles. The fourth-order valence-electron chi connectivity index (χ4n) is 2.24. The van der Waals surface area contributed by atoms with Gasteiger partial charge >= 0.3 is 0 Å². The Balaban J connectivity index is 2.26. The molecular weight excluding hydrogens is 216 g/mol. The van der Waals surface area contributed by atoms with Crippen molar-refractivity contribution in [1.29, 1.82) is 0 Å². The minimum absolute atomic E-state index is 0.232. The maximum Gasteiger partial charge on any atom is 0.240 e. The average Bonchev–Trinajstić information content (AvgIpc) is 2.39. The lowest BCUT2D eigenvalue weighted by Crippen LogP contribution is -2.48. The fraction of sp³-hybridized carbons (Fsp3) is 0.500. The van der Waals surface area contributed by atoms with Crippen LogP contribution in [0.15, 0.2) is 18.2 Å². The van der Waals surface area contributed by atoms with Crippen LogP contribution < -0.4 is 16.4 Å². The normalized spacial score (nSPS) is 20.3. The van der Waals surface area contributed by atoms with Gasteiger partial charge in [-0.3, -0.25) is 4.79 Å². The van der Waals surface area contributed by atoms with Gasteiger partial charge in [-0.25, -0.2) is 4.98 Å². The Hall–Kier alpha value is -1.62. The van der Waals surface area contributed by atoms with Crippen molar-refractivity contribution in [3.63, 3.8) is 0 Å². The number of pyridine rings is 1. The smallest absolute Gasteiger partial charge is 0.240 e. The molecule has 0 radical (unpaired) electrons. The third kappa shape index (κ3) is 2.55. The zero-order chi connectivity index (χ0) is 12.3. The van der Waals surface area contributed by atoms with Crippen molar-refractivity contribution in [2.24, 2.45) is 11.5 Å². The van der Waals surface area contributed by atoms with Crippen molar-refractivity contribution in [3.8, 4) is 0 Å². The van der Waals surface area contributed by atoms with Crippen molar-refractivity contribution in [3.05, 3.63) is 23.9 Å². The largest absolute Gasteiger partial charge is 0.368 e. The third-order valence-corrected chi connectivity index (χ3v) is 3.13. The second-order valence-electron chi connectivity index (χ2n) is 4.30. The van der Waals surface area contributed by atoms with E-state index in [0.29, 0.717) is 6.54 Å². The van der Waals surface area contributed by atoms with Gasteiger partial charge in [0.15, 0.2) is 0 Å². The second kappa shape index (κ2) is 5.14. The molecule has 2 rings (SSSR count). The van der Waals surface area contributed by atoms with E-state index in [9.17, 15) is 4.79 Å². The summed E-state index contributed by atoms with van der Waals surface area (Å²) in [5, 5.41) is 0. The highest BCUT2D eigenvalue weighted by atomic mass is 16.1. The molecule has 92 valence electrons. The van der Waals surface area contributed by atoms with Crippen LogP contribution in [-0.4, -0.2) is 23.5 Å². The highest BCUT2D eigenvalue weighted by Gasteiger charge is 2.27. The van der Waals surface area contributed by atoms with E-state index in [-0.39, 0.29) is 11.9 Å². The zero-order valence-corrected chi connectivity index (χ0v) is 9.80. The standard InChI is InChI=1S/C12H18N4O/c13-8-9-4-3-6-11(15-9)16-7-2-1-5-10(16)12(14)17/h3-4,6,10H,1-2,5,7-8,13H2,(H2,14,17). The topological polar surface area (TPSA) is 85.2 Å². The third-order valence-electron chi connectivity index (χ3n) is 3.13. The first-order chi connectivity index (χ1) is 8.22. The van der Waals surface area contributed by atoms with Gasteiger partial charge in [-0.15, -0.1) is 0 Å². The number of hydrogen-bond donors (Lipinski definition) is 2. The van der Waals surface area contributed by atoms with Gasteiger partial charge < -0.3 is 16.4 Å². The van der Waals surface area contributed by atoms with E-state index in [2.05, 4.69) is 4.98 Å². The zero-order valence-electron chi connectivity index (χ0n) is 9.80. The van der Waals surface area contributed by atoms with E-state index in [4.69, 9.17) is 11.5 Å². The van der Waals surface area contributed by atoms with Gasteiger partial charge in [0.05, 0.1) is 5.69 Å². The number of nitrogens with two attached hydrogens (primary N) is 2. The first-order valence-corrected chi connectivity index (χ1v) is 5.94. The number of anilines is 1. The maximum atomic E-state index is 11.4. The molecule has 1 saturated heterocycles. The first-order valence-electron chi connectivity index (χ1n) is 5.94. The van der Waals surface area contributed by atoms with Crippen LogP contribution in [0.2, 0.25) is 0 Å². The van der Waals surface area contributed by atoms with Gasteiger partial charge in [-0.1, -0.05) is 6.07 Å². The lowest BCUT2D eigenvalue weighted by molar-refractivity contribution is -0.119. The molecule has 0 bridgehead atoms. The summed E-state index contributed by atoms with van der Waals surface area (Å²) in [6, 6.07) is 5.47. The van der Waals surface area contributed by atoms with Crippen molar-refractivity contribution in [2.45, 2.75) is 31.8 Å². The Morgan fingerprint density at radius 2 is 2.29 bits per heavy atom. The number of primary amides is 1. The Labute approximate surface area is 101 Å². The van der Waals surface area contributed by atoms with E-state index in [0.717, 1.165) is 37.3 Å². The van der Waals surface area contributed by atoms with Gasteiger partial charge in [0, 0.05) is 13.1 Å². The van der Waals surface area contributed by atoms with Gasteiger partial charge in [0.25, 0.3) is 0 Å². The summed E-state index contributed by atoms with van der Waals surface area (Å²) < 4.78 is 0. The molecule has 0 aromatic carbocycles. The average molecular weight is 234 g/mol. The van der Waals surface area contributed by atoms with E-state index in [1.54, 1.807) is 0 Å². The van der Waals surface area contributed by atoms with Crippen LogP contribution in [0, 0.1) is 0 Å². The number of amides is 1. The lowest BCUT2D eigenvalue weighted by atomic mass is 10.0. The lowest BCUT2D eigenvalue weighted by Gasteiger charge is -2.34. The van der Waals surface area contributed by atoms with Gasteiger partial charge in [0.2, 0.25) is 5.91 Å². The van der Waals surface area contributed by atoms with Crippen molar-refractivity contribution >= 4 is 11.7 Å². The highest BCUT2D eigenvalue weighted by Crippen LogP contribution is 2.23. The molecule has 1 fully saturated rings. The molecule has 0 saturated carbocycles. The molecule has 1 atom stereocenters. The molecule has 1 aliphatic rings. The van der Waals surface area contributed by atoms with Crippen LogP contribution in [0.4, 0.5) is 5.82 Å². The second-order valence-corrected chi connectivity index (χ2v) is 4.30. The number of hydrogen-bond acceptors (Lipinski definition) is 4. The van der Waals surface area contributed by atoms with Crippen LogP contribution in [0.25, 0.3) is 0 Å². The summed E-state index contributed by atoms with van der Waals surface area (Å²) in [7, 11) is 0. The molecule has 5 heteroatoms. The number of carbonyl (C=O) groups excluding carboxylic acids is 1. The van der Waals surface area contributed by atoms with Crippen molar-refractivity contribution < 1.29 is 4.79 Å². The predicted molar refractivity (Wildman–Crippen MR) is 66.3 cm³/mol. The monoisotopic (exact) mass is 234 g/mol. The number of aromatic nitrogens is 1. The molecule has 1 aliphatic heterocycles. The fourth-order valence-corrected chi connectivity index (χ4v) is 2.24. The summed E-state index contributed by atoms with van der Waals surface area (Å²) in [4.78, 5) is 17.9. The number of rotatable bonds is 3.